The van der Waals surface area contributed by atoms with Crippen LogP contribution >= 0.6 is 11.8 Å². The molecule has 2 amide bonds. The van der Waals surface area contributed by atoms with Crippen LogP contribution in [0.3, 0.4) is 0 Å². The summed E-state index contributed by atoms with van der Waals surface area (Å²) >= 11 is 1.35. The number of aromatic nitrogens is 2. The Labute approximate surface area is 188 Å². The predicted molar refractivity (Wildman–Crippen MR) is 121 cm³/mol. The summed E-state index contributed by atoms with van der Waals surface area (Å²) in [5.74, 6) is -0.509. The molecule has 2 aromatic heterocycles. The second kappa shape index (κ2) is 9.58. The molecule has 4 rings (SSSR count). The first kappa shape index (κ1) is 22.1. The van der Waals surface area contributed by atoms with Gasteiger partial charge in [-0.2, -0.15) is 0 Å². The van der Waals surface area contributed by atoms with Crippen LogP contribution in [-0.4, -0.2) is 59.2 Å². The van der Waals surface area contributed by atoms with Gasteiger partial charge in [0.05, 0.1) is 13.2 Å². The van der Waals surface area contributed by atoms with E-state index in [0.29, 0.717) is 59.4 Å². The second-order valence-corrected chi connectivity index (χ2v) is 8.19. The fraction of sp³-hybridized carbons (Fsp3) is 0.364. The highest BCUT2D eigenvalue weighted by molar-refractivity contribution is 7.98. The number of carbonyl (C=O) groups is 2. The third kappa shape index (κ3) is 4.56. The van der Waals surface area contributed by atoms with Crippen LogP contribution in [0.1, 0.15) is 28.2 Å². The molecule has 10 heteroatoms. The number of aromatic amines is 1. The Morgan fingerprint density at radius 3 is 2.72 bits per heavy atom. The maximum absolute atomic E-state index is 13.1. The van der Waals surface area contributed by atoms with Crippen molar-refractivity contribution in [2.24, 2.45) is 0 Å². The summed E-state index contributed by atoms with van der Waals surface area (Å²) < 4.78 is 11.1. The maximum atomic E-state index is 13.1. The number of carbonyl (C=O) groups excluding carboxylic acids is 2. The van der Waals surface area contributed by atoms with Crippen molar-refractivity contribution in [3.05, 3.63) is 51.6 Å². The lowest BCUT2D eigenvalue weighted by Crippen LogP contribution is -2.40. The molecule has 0 radical (unpaired) electrons. The number of rotatable bonds is 6. The minimum absolute atomic E-state index is 0.0644. The number of anilines is 1. The zero-order chi connectivity index (χ0) is 22.7. The number of thioether (sulfide) groups is 1. The number of ether oxygens (including phenoxy) is 1. The van der Waals surface area contributed by atoms with E-state index in [9.17, 15) is 14.4 Å². The Hall–Kier alpha value is -3.11. The number of benzene rings is 1. The highest BCUT2D eigenvalue weighted by Crippen LogP contribution is 2.32. The fourth-order valence-electron chi connectivity index (χ4n) is 3.65. The molecule has 0 bridgehead atoms. The molecule has 1 aromatic carbocycles. The lowest BCUT2D eigenvalue weighted by atomic mass is 10.1. The summed E-state index contributed by atoms with van der Waals surface area (Å²) in [7, 11) is 0. The molecular formula is C22H24N4O5S. The zero-order valence-electron chi connectivity index (χ0n) is 17.9. The van der Waals surface area contributed by atoms with Crippen LogP contribution in [0, 0.1) is 6.92 Å². The van der Waals surface area contributed by atoms with Gasteiger partial charge in [0.25, 0.3) is 11.5 Å². The van der Waals surface area contributed by atoms with Crippen LogP contribution < -0.4 is 10.9 Å². The summed E-state index contributed by atoms with van der Waals surface area (Å²) in [4.78, 5) is 46.9. The average Bonchev–Trinajstić information content (AvgIpc) is 3.16. The van der Waals surface area contributed by atoms with Crippen molar-refractivity contribution in [3.63, 3.8) is 0 Å². The molecular weight excluding hydrogens is 432 g/mol. The van der Waals surface area contributed by atoms with Crippen LogP contribution in [0.25, 0.3) is 11.0 Å². The minimum atomic E-state index is -0.319. The molecule has 168 valence electrons. The predicted octanol–water partition coefficient (Wildman–Crippen LogP) is 2.59. The molecule has 3 aromatic rings. The SMILES string of the molecule is CSc1nc(C)c(CCC(=O)Nc2c(C(=O)N3CCOCC3)oc3ccccc23)c(=O)[nH]1. The standard InChI is InChI=1S/C22H24N4O5S/c1-13-14(20(28)25-22(23-13)32-2)7-8-17(27)24-18-15-5-3-4-6-16(15)31-19(18)21(29)26-9-11-30-12-10-26/h3-6H,7-12H2,1-2H3,(H,24,27)(H,23,25,28). The minimum Gasteiger partial charge on any atom is -0.449 e. The van der Waals surface area contributed by atoms with Gasteiger partial charge in [-0.1, -0.05) is 23.9 Å². The number of H-pyrrole nitrogens is 1. The molecule has 0 atom stereocenters. The van der Waals surface area contributed by atoms with Crippen molar-refractivity contribution >= 4 is 40.2 Å². The number of aryl methyl sites for hydroxylation is 1. The first-order valence-corrected chi connectivity index (χ1v) is 11.5. The second-order valence-electron chi connectivity index (χ2n) is 7.39. The van der Waals surface area contributed by atoms with E-state index in [1.807, 2.05) is 12.3 Å². The molecule has 0 spiro atoms. The van der Waals surface area contributed by atoms with E-state index in [4.69, 9.17) is 9.15 Å². The molecule has 3 heterocycles. The van der Waals surface area contributed by atoms with E-state index in [0.717, 1.165) is 0 Å². The van der Waals surface area contributed by atoms with Crippen molar-refractivity contribution < 1.29 is 18.7 Å². The van der Waals surface area contributed by atoms with Gasteiger partial charge in [0, 0.05) is 36.2 Å². The topological polar surface area (TPSA) is 118 Å². The number of furan rings is 1. The average molecular weight is 457 g/mol. The number of morpholine rings is 1. The van der Waals surface area contributed by atoms with Crippen molar-refractivity contribution in [2.75, 3.05) is 37.9 Å². The number of hydrogen-bond donors (Lipinski definition) is 2. The molecule has 9 nitrogen and oxygen atoms in total. The van der Waals surface area contributed by atoms with Crippen molar-refractivity contribution in [3.8, 4) is 0 Å². The largest absolute Gasteiger partial charge is 0.449 e. The Morgan fingerprint density at radius 2 is 2.00 bits per heavy atom. The summed E-state index contributed by atoms with van der Waals surface area (Å²) in [6.45, 7) is 3.61. The van der Waals surface area contributed by atoms with Crippen LogP contribution in [0.4, 0.5) is 5.69 Å². The molecule has 0 aliphatic carbocycles. The molecule has 1 fully saturated rings. The van der Waals surface area contributed by atoms with Crippen molar-refractivity contribution in [1.29, 1.82) is 0 Å². The normalized spacial score (nSPS) is 14.0. The van der Waals surface area contributed by atoms with Gasteiger partial charge in [0.15, 0.2) is 5.16 Å². The van der Waals surface area contributed by atoms with Gasteiger partial charge < -0.3 is 24.4 Å². The van der Waals surface area contributed by atoms with Crippen LogP contribution in [0.15, 0.2) is 38.6 Å². The van der Waals surface area contributed by atoms with Crippen LogP contribution in [-0.2, 0) is 16.0 Å². The number of para-hydroxylation sites is 1. The Kier molecular flexibility index (Phi) is 6.61. The molecule has 1 aliphatic heterocycles. The van der Waals surface area contributed by atoms with E-state index in [1.54, 1.807) is 30.0 Å². The van der Waals surface area contributed by atoms with Crippen molar-refractivity contribution in [1.82, 2.24) is 14.9 Å². The number of nitrogens with zero attached hydrogens (tertiary/aromatic N) is 2. The van der Waals surface area contributed by atoms with Gasteiger partial charge in [-0.15, -0.1) is 0 Å². The monoisotopic (exact) mass is 456 g/mol. The van der Waals surface area contributed by atoms with E-state index in [-0.39, 0.29) is 36.0 Å². The van der Waals surface area contributed by atoms with E-state index < -0.39 is 0 Å². The number of fused-ring (bicyclic) bond motifs is 1. The highest BCUT2D eigenvalue weighted by atomic mass is 32.2. The zero-order valence-corrected chi connectivity index (χ0v) is 18.7. The number of nitrogens with one attached hydrogen (secondary N) is 2. The van der Waals surface area contributed by atoms with Crippen molar-refractivity contribution in [2.45, 2.75) is 24.9 Å². The molecule has 0 saturated carbocycles. The van der Waals surface area contributed by atoms with Gasteiger partial charge in [0.1, 0.15) is 11.3 Å². The van der Waals surface area contributed by atoms with Gasteiger partial charge in [-0.05, 0) is 31.7 Å². The Bertz CT molecular complexity index is 1210. The van der Waals surface area contributed by atoms with Crippen LogP contribution in [0.5, 0.6) is 0 Å². The first-order valence-electron chi connectivity index (χ1n) is 10.3. The first-order chi connectivity index (χ1) is 15.5. The molecule has 0 unspecified atom stereocenters. The van der Waals surface area contributed by atoms with Crippen LogP contribution in [0.2, 0.25) is 0 Å². The van der Waals surface area contributed by atoms with Gasteiger partial charge in [-0.3, -0.25) is 14.4 Å². The van der Waals surface area contributed by atoms with Gasteiger partial charge >= 0.3 is 0 Å². The number of amides is 2. The molecule has 1 aliphatic rings. The fourth-order valence-corrected chi connectivity index (χ4v) is 4.07. The quantitative estimate of drug-likeness (QED) is 0.432. The third-order valence-corrected chi connectivity index (χ3v) is 5.93. The van der Waals surface area contributed by atoms with Gasteiger partial charge in [-0.25, -0.2) is 4.98 Å². The Morgan fingerprint density at radius 1 is 1.25 bits per heavy atom. The summed E-state index contributed by atoms with van der Waals surface area (Å²) in [6, 6.07) is 7.17. The third-order valence-electron chi connectivity index (χ3n) is 5.35. The smallest absolute Gasteiger partial charge is 0.291 e. The van der Waals surface area contributed by atoms with E-state index >= 15 is 0 Å². The summed E-state index contributed by atoms with van der Waals surface area (Å²) in [6.07, 6.45) is 2.13. The van der Waals surface area contributed by atoms with E-state index in [2.05, 4.69) is 15.3 Å². The highest BCUT2D eigenvalue weighted by Gasteiger charge is 2.27. The maximum Gasteiger partial charge on any atom is 0.291 e. The number of hydrogen-bond acceptors (Lipinski definition) is 7. The van der Waals surface area contributed by atoms with Gasteiger partial charge in [0.2, 0.25) is 11.7 Å². The lowest BCUT2D eigenvalue weighted by molar-refractivity contribution is -0.116. The summed E-state index contributed by atoms with van der Waals surface area (Å²) in [5, 5.41) is 4.03. The molecule has 2 N–H and O–H groups in total. The molecule has 1 saturated heterocycles. The Balaban J connectivity index is 1.55. The lowest BCUT2D eigenvalue weighted by Gasteiger charge is -2.26. The van der Waals surface area contributed by atoms with E-state index in [1.165, 1.54) is 11.8 Å². The summed E-state index contributed by atoms with van der Waals surface area (Å²) in [5.41, 5.74) is 1.70. The molecule has 32 heavy (non-hydrogen) atoms.